The van der Waals surface area contributed by atoms with E-state index in [0.29, 0.717) is 12.2 Å². The second-order valence-corrected chi connectivity index (χ2v) is 6.93. The SMILES string of the molecule is CC/C(=N\Nc1ncnc2sc(C)c(C)c12)c1cc(C)ccc1O. The number of fused-ring (bicyclic) bond motifs is 1. The maximum atomic E-state index is 10.1. The molecule has 0 aliphatic carbocycles. The maximum absolute atomic E-state index is 10.1. The number of benzene rings is 1. The molecular weight excluding hydrogens is 320 g/mol. The second kappa shape index (κ2) is 6.57. The third kappa shape index (κ3) is 2.97. The third-order valence-electron chi connectivity index (χ3n) is 4.06. The van der Waals surface area contributed by atoms with Crippen molar-refractivity contribution in [3.63, 3.8) is 0 Å². The van der Waals surface area contributed by atoms with Crippen LogP contribution in [0, 0.1) is 20.8 Å². The fourth-order valence-corrected chi connectivity index (χ4v) is 3.60. The first-order valence-electron chi connectivity index (χ1n) is 7.84. The minimum Gasteiger partial charge on any atom is -0.507 e. The topological polar surface area (TPSA) is 70.4 Å². The quantitative estimate of drug-likeness (QED) is 0.540. The van der Waals surface area contributed by atoms with E-state index in [1.807, 2.05) is 26.0 Å². The average molecular weight is 340 g/mol. The number of aryl methyl sites for hydroxylation is 3. The minimum atomic E-state index is 0.235. The van der Waals surface area contributed by atoms with Crippen molar-refractivity contribution in [2.75, 3.05) is 5.43 Å². The smallest absolute Gasteiger partial charge is 0.158 e. The van der Waals surface area contributed by atoms with Gasteiger partial charge in [-0.2, -0.15) is 5.10 Å². The molecule has 5 nitrogen and oxygen atoms in total. The van der Waals surface area contributed by atoms with E-state index in [0.717, 1.165) is 27.1 Å². The molecule has 6 heteroatoms. The first kappa shape index (κ1) is 16.4. The highest BCUT2D eigenvalue weighted by Gasteiger charge is 2.12. The zero-order chi connectivity index (χ0) is 17.3. The Labute approximate surface area is 145 Å². The molecule has 2 aromatic heterocycles. The molecule has 2 N–H and O–H groups in total. The molecule has 124 valence electrons. The van der Waals surface area contributed by atoms with Crippen LogP contribution in [0.5, 0.6) is 5.75 Å². The Hall–Kier alpha value is -2.47. The van der Waals surface area contributed by atoms with Crippen molar-refractivity contribution in [2.24, 2.45) is 5.10 Å². The molecule has 0 unspecified atom stereocenters. The van der Waals surface area contributed by atoms with Crippen LogP contribution in [0.2, 0.25) is 0 Å². The van der Waals surface area contributed by atoms with E-state index in [4.69, 9.17) is 0 Å². The molecule has 0 bridgehead atoms. The highest BCUT2D eigenvalue weighted by atomic mass is 32.1. The van der Waals surface area contributed by atoms with E-state index in [1.165, 1.54) is 10.4 Å². The fraction of sp³-hybridized carbons (Fsp3) is 0.278. The number of aromatic nitrogens is 2. The Kier molecular flexibility index (Phi) is 4.49. The van der Waals surface area contributed by atoms with Gasteiger partial charge >= 0.3 is 0 Å². The van der Waals surface area contributed by atoms with Gasteiger partial charge in [-0.3, -0.25) is 5.43 Å². The van der Waals surface area contributed by atoms with E-state index >= 15 is 0 Å². The maximum Gasteiger partial charge on any atom is 0.158 e. The van der Waals surface area contributed by atoms with Gasteiger partial charge in [0, 0.05) is 10.4 Å². The van der Waals surface area contributed by atoms with Crippen LogP contribution in [0.25, 0.3) is 10.2 Å². The van der Waals surface area contributed by atoms with Crippen molar-refractivity contribution >= 4 is 33.1 Å². The molecular formula is C18H20N4OS. The van der Waals surface area contributed by atoms with Crippen LogP contribution in [0.4, 0.5) is 5.82 Å². The van der Waals surface area contributed by atoms with E-state index in [1.54, 1.807) is 23.7 Å². The van der Waals surface area contributed by atoms with Gasteiger partial charge in [-0.25, -0.2) is 9.97 Å². The lowest BCUT2D eigenvalue weighted by atomic mass is 10.0. The van der Waals surface area contributed by atoms with Crippen LogP contribution in [0.15, 0.2) is 29.6 Å². The minimum absolute atomic E-state index is 0.235. The summed E-state index contributed by atoms with van der Waals surface area (Å²) in [5.41, 5.74) is 6.85. The van der Waals surface area contributed by atoms with Crippen LogP contribution >= 0.6 is 11.3 Å². The first-order valence-corrected chi connectivity index (χ1v) is 8.66. The molecule has 3 rings (SSSR count). The predicted molar refractivity (Wildman–Crippen MR) is 100 cm³/mol. The summed E-state index contributed by atoms with van der Waals surface area (Å²) in [6, 6.07) is 5.52. The Morgan fingerprint density at radius 2 is 2.04 bits per heavy atom. The Bertz CT molecular complexity index is 930. The molecule has 0 fully saturated rings. The molecule has 3 aromatic rings. The molecule has 0 aliphatic heterocycles. The summed E-state index contributed by atoms with van der Waals surface area (Å²) >= 11 is 1.65. The summed E-state index contributed by atoms with van der Waals surface area (Å²) in [4.78, 5) is 10.8. The van der Waals surface area contributed by atoms with Gasteiger partial charge in [-0.1, -0.05) is 18.6 Å². The predicted octanol–water partition coefficient (Wildman–Crippen LogP) is 4.55. The van der Waals surface area contributed by atoms with E-state index < -0.39 is 0 Å². The number of thiophene rings is 1. The van der Waals surface area contributed by atoms with Crippen molar-refractivity contribution in [1.82, 2.24) is 9.97 Å². The van der Waals surface area contributed by atoms with Gasteiger partial charge in [0.15, 0.2) is 5.82 Å². The van der Waals surface area contributed by atoms with E-state index in [2.05, 4.69) is 34.3 Å². The highest BCUT2D eigenvalue weighted by molar-refractivity contribution is 7.18. The van der Waals surface area contributed by atoms with Crippen molar-refractivity contribution in [3.8, 4) is 5.75 Å². The number of hydrazone groups is 1. The number of phenols is 1. The standard InChI is InChI=1S/C18H20N4OS/c1-5-14(13-8-10(2)6-7-15(13)23)21-22-17-16-11(3)12(4)24-18(16)20-9-19-17/h6-9,23H,5H2,1-4H3,(H,19,20,22)/b21-14+. The molecule has 24 heavy (non-hydrogen) atoms. The third-order valence-corrected chi connectivity index (χ3v) is 5.18. The zero-order valence-electron chi connectivity index (χ0n) is 14.2. The Morgan fingerprint density at radius 1 is 1.25 bits per heavy atom. The van der Waals surface area contributed by atoms with Crippen LogP contribution in [-0.2, 0) is 0 Å². The first-order chi connectivity index (χ1) is 11.5. The number of rotatable bonds is 4. The molecule has 0 spiro atoms. The molecule has 0 aliphatic rings. The molecule has 2 heterocycles. The normalized spacial score (nSPS) is 11.9. The zero-order valence-corrected chi connectivity index (χ0v) is 15.0. The van der Waals surface area contributed by atoms with E-state index in [-0.39, 0.29) is 5.75 Å². The number of nitrogens with zero attached hydrogens (tertiary/aromatic N) is 3. The van der Waals surface area contributed by atoms with Gasteiger partial charge < -0.3 is 5.11 Å². The summed E-state index contributed by atoms with van der Waals surface area (Å²) in [6.07, 6.45) is 2.24. The summed E-state index contributed by atoms with van der Waals surface area (Å²) in [7, 11) is 0. The number of phenolic OH excluding ortho intramolecular Hbond substituents is 1. The summed E-state index contributed by atoms with van der Waals surface area (Å²) in [5, 5.41) is 15.6. The lowest BCUT2D eigenvalue weighted by molar-refractivity contribution is 0.474. The molecule has 0 saturated heterocycles. The van der Waals surface area contributed by atoms with E-state index in [9.17, 15) is 5.11 Å². The van der Waals surface area contributed by atoms with Gasteiger partial charge in [0.2, 0.25) is 0 Å². The van der Waals surface area contributed by atoms with Crippen LogP contribution in [-0.4, -0.2) is 20.8 Å². The number of aromatic hydroxyl groups is 1. The van der Waals surface area contributed by atoms with Gasteiger partial charge in [-0.15, -0.1) is 11.3 Å². The molecule has 0 radical (unpaired) electrons. The number of anilines is 1. The average Bonchev–Trinajstić information content (AvgIpc) is 2.86. The number of hydrogen-bond acceptors (Lipinski definition) is 6. The lowest BCUT2D eigenvalue weighted by Crippen LogP contribution is -2.05. The largest absolute Gasteiger partial charge is 0.507 e. The van der Waals surface area contributed by atoms with Gasteiger partial charge in [-0.05, 0) is 44.9 Å². The number of hydrogen-bond donors (Lipinski definition) is 2. The van der Waals surface area contributed by atoms with Crippen molar-refractivity contribution in [3.05, 3.63) is 46.1 Å². The second-order valence-electron chi connectivity index (χ2n) is 5.73. The van der Waals surface area contributed by atoms with Gasteiger partial charge in [0.05, 0.1) is 11.1 Å². The molecule has 0 atom stereocenters. The van der Waals surface area contributed by atoms with Crippen molar-refractivity contribution in [1.29, 1.82) is 0 Å². The highest BCUT2D eigenvalue weighted by Crippen LogP contribution is 2.32. The molecule has 0 amide bonds. The molecule has 1 aromatic carbocycles. The Balaban J connectivity index is 2.01. The van der Waals surface area contributed by atoms with Crippen LogP contribution in [0.3, 0.4) is 0 Å². The fourth-order valence-electron chi connectivity index (χ4n) is 2.60. The van der Waals surface area contributed by atoms with Crippen molar-refractivity contribution in [2.45, 2.75) is 34.1 Å². The molecule has 0 saturated carbocycles. The summed E-state index contributed by atoms with van der Waals surface area (Å²) in [6.45, 7) is 8.16. The number of nitrogens with one attached hydrogen (secondary N) is 1. The monoisotopic (exact) mass is 340 g/mol. The van der Waals surface area contributed by atoms with Crippen LogP contribution < -0.4 is 5.43 Å². The van der Waals surface area contributed by atoms with Crippen LogP contribution in [0.1, 0.15) is 34.9 Å². The lowest BCUT2D eigenvalue weighted by Gasteiger charge is -2.09. The summed E-state index contributed by atoms with van der Waals surface area (Å²) in [5.74, 6) is 0.929. The van der Waals surface area contributed by atoms with Gasteiger partial charge in [0.25, 0.3) is 0 Å². The van der Waals surface area contributed by atoms with Gasteiger partial charge in [0.1, 0.15) is 16.9 Å². The Morgan fingerprint density at radius 3 is 2.79 bits per heavy atom. The van der Waals surface area contributed by atoms with Crippen molar-refractivity contribution < 1.29 is 5.11 Å². The summed E-state index contributed by atoms with van der Waals surface area (Å²) < 4.78 is 0.